The van der Waals surface area contributed by atoms with Gasteiger partial charge in [-0.3, -0.25) is 4.79 Å². The number of rotatable bonds is 6. The first-order valence-electron chi connectivity index (χ1n) is 7.40. The van der Waals surface area contributed by atoms with E-state index in [1.165, 1.54) is 0 Å². The molecule has 2 aromatic rings. The Morgan fingerprint density at radius 1 is 1.05 bits per heavy atom. The van der Waals surface area contributed by atoms with Crippen LogP contribution in [0.4, 0.5) is 5.69 Å². The van der Waals surface area contributed by atoms with Gasteiger partial charge in [0.2, 0.25) is 0 Å². The number of ether oxygens (including phenoxy) is 2. The van der Waals surface area contributed by atoms with Crippen LogP contribution in [0.15, 0.2) is 48.5 Å². The lowest BCUT2D eigenvalue weighted by Crippen LogP contribution is -2.15. The number of hydrogen-bond acceptors (Lipinski definition) is 3. The zero-order valence-corrected chi connectivity index (χ0v) is 13.1. The van der Waals surface area contributed by atoms with Crippen LogP contribution in [0.3, 0.4) is 0 Å². The summed E-state index contributed by atoms with van der Waals surface area (Å²) in [6, 6.07) is 14.6. The lowest BCUT2D eigenvalue weighted by atomic mass is 10.1. The lowest BCUT2D eigenvalue weighted by molar-refractivity contribution is 0.102. The molecule has 0 aliphatic heterocycles. The van der Waals surface area contributed by atoms with E-state index in [4.69, 9.17) is 9.47 Å². The van der Waals surface area contributed by atoms with E-state index < -0.39 is 0 Å². The average molecular weight is 299 g/mol. The van der Waals surface area contributed by atoms with E-state index in [0.717, 1.165) is 0 Å². The summed E-state index contributed by atoms with van der Waals surface area (Å²) < 4.78 is 11.2. The molecule has 116 valence electrons. The van der Waals surface area contributed by atoms with E-state index >= 15 is 0 Å². The molecule has 1 amide bonds. The summed E-state index contributed by atoms with van der Waals surface area (Å²) in [7, 11) is 0. The van der Waals surface area contributed by atoms with Gasteiger partial charge in [0.05, 0.1) is 24.0 Å². The van der Waals surface area contributed by atoms with E-state index in [1.54, 1.807) is 12.1 Å². The van der Waals surface area contributed by atoms with Crippen molar-refractivity contribution >= 4 is 11.6 Å². The van der Waals surface area contributed by atoms with Crippen molar-refractivity contribution in [3.63, 3.8) is 0 Å². The van der Waals surface area contributed by atoms with Crippen molar-refractivity contribution < 1.29 is 14.3 Å². The van der Waals surface area contributed by atoms with E-state index in [9.17, 15) is 4.79 Å². The van der Waals surface area contributed by atoms with Gasteiger partial charge in [0.15, 0.2) is 0 Å². The van der Waals surface area contributed by atoms with Crippen molar-refractivity contribution in [3.8, 4) is 11.5 Å². The molecule has 0 heterocycles. The third-order valence-electron chi connectivity index (χ3n) is 2.93. The first-order valence-corrected chi connectivity index (χ1v) is 7.40. The first-order chi connectivity index (χ1) is 10.6. The van der Waals surface area contributed by atoms with Gasteiger partial charge < -0.3 is 14.8 Å². The standard InChI is InChI=1S/C18H21NO3/c1-4-21-16-11-7-5-9-14(16)18(20)19-15-10-6-8-12-17(15)22-13(2)3/h5-13H,4H2,1-3H3,(H,19,20). The smallest absolute Gasteiger partial charge is 0.259 e. The Labute approximate surface area is 131 Å². The number of anilines is 1. The number of amides is 1. The van der Waals surface area contributed by atoms with Crippen LogP contribution >= 0.6 is 0 Å². The SMILES string of the molecule is CCOc1ccccc1C(=O)Nc1ccccc1OC(C)C. The first kappa shape index (κ1) is 15.9. The molecule has 0 saturated heterocycles. The van der Waals surface area contributed by atoms with Crippen molar-refractivity contribution in [2.24, 2.45) is 0 Å². The summed E-state index contributed by atoms with van der Waals surface area (Å²) in [5, 5.41) is 2.89. The molecule has 0 radical (unpaired) electrons. The van der Waals surface area contributed by atoms with Crippen LogP contribution in [0.2, 0.25) is 0 Å². The van der Waals surface area contributed by atoms with Gasteiger partial charge in [0.1, 0.15) is 11.5 Å². The molecule has 4 nitrogen and oxygen atoms in total. The molecule has 0 spiro atoms. The molecule has 2 rings (SSSR count). The molecule has 22 heavy (non-hydrogen) atoms. The molecule has 0 fully saturated rings. The molecule has 0 saturated carbocycles. The van der Waals surface area contributed by atoms with E-state index in [0.29, 0.717) is 29.4 Å². The molecular weight excluding hydrogens is 278 g/mol. The highest BCUT2D eigenvalue weighted by Gasteiger charge is 2.14. The monoisotopic (exact) mass is 299 g/mol. The Kier molecular flexibility index (Phi) is 5.42. The second-order valence-corrected chi connectivity index (χ2v) is 5.05. The quantitative estimate of drug-likeness (QED) is 0.872. The van der Waals surface area contributed by atoms with Crippen LogP contribution in [-0.4, -0.2) is 18.6 Å². The Morgan fingerprint density at radius 3 is 2.36 bits per heavy atom. The van der Waals surface area contributed by atoms with Crippen LogP contribution in [0.1, 0.15) is 31.1 Å². The van der Waals surface area contributed by atoms with Gasteiger partial charge in [-0.1, -0.05) is 24.3 Å². The number of hydrogen-bond donors (Lipinski definition) is 1. The molecule has 2 aromatic carbocycles. The normalized spacial score (nSPS) is 10.4. The largest absolute Gasteiger partial charge is 0.493 e. The molecule has 0 atom stereocenters. The van der Waals surface area contributed by atoms with E-state index in [2.05, 4.69) is 5.32 Å². The van der Waals surface area contributed by atoms with E-state index in [1.807, 2.05) is 57.2 Å². The third kappa shape index (κ3) is 4.01. The molecule has 4 heteroatoms. The Balaban J connectivity index is 2.23. The maximum atomic E-state index is 12.5. The van der Waals surface area contributed by atoms with Gasteiger partial charge in [0, 0.05) is 0 Å². The van der Waals surface area contributed by atoms with Gasteiger partial charge in [-0.15, -0.1) is 0 Å². The number of para-hydroxylation sites is 3. The fourth-order valence-corrected chi connectivity index (χ4v) is 2.05. The predicted molar refractivity (Wildman–Crippen MR) is 87.8 cm³/mol. The van der Waals surface area contributed by atoms with Crippen LogP contribution in [0.25, 0.3) is 0 Å². The molecular formula is C18H21NO3. The van der Waals surface area contributed by atoms with E-state index in [-0.39, 0.29) is 12.0 Å². The maximum Gasteiger partial charge on any atom is 0.259 e. The molecule has 0 unspecified atom stereocenters. The van der Waals surface area contributed by atoms with Crippen molar-refractivity contribution in [2.75, 3.05) is 11.9 Å². The van der Waals surface area contributed by atoms with Crippen LogP contribution in [0, 0.1) is 0 Å². The summed E-state index contributed by atoms with van der Waals surface area (Å²) in [5.74, 6) is 1.01. The zero-order chi connectivity index (χ0) is 15.9. The van der Waals surface area contributed by atoms with Crippen LogP contribution in [0.5, 0.6) is 11.5 Å². The summed E-state index contributed by atoms with van der Waals surface area (Å²) in [6.45, 7) is 6.30. The fraction of sp³-hybridized carbons (Fsp3) is 0.278. The van der Waals surface area contributed by atoms with Gasteiger partial charge in [-0.2, -0.15) is 0 Å². The van der Waals surface area contributed by atoms with Gasteiger partial charge >= 0.3 is 0 Å². The van der Waals surface area contributed by atoms with Gasteiger partial charge in [-0.05, 0) is 45.0 Å². The summed E-state index contributed by atoms with van der Waals surface area (Å²) in [6.07, 6.45) is 0.0359. The van der Waals surface area contributed by atoms with Crippen molar-refractivity contribution in [3.05, 3.63) is 54.1 Å². The minimum Gasteiger partial charge on any atom is -0.493 e. The maximum absolute atomic E-state index is 12.5. The van der Waals surface area contributed by atoms with Crippen molar-refractivity contribution in [1.29, 1.82) is 0 Å². The topological polar surface area (TPSA) is 47.6 Å². The predicted octanol–water partition coefficient (Wildman–Crippen LogP) is 4.12. The molecule has 0 aromatic heterocycles. The zero-order valence-electron chi connectivity index (χ0n) is 13.1. The summed E-state index contributed by atoms with van der Waals surface area (Å²) in [5.41, 5.74) is 1.15. The van der Waals surface area contributed by atoms with Gasteiger partial charge in [0.25, 0.3) is 5.91 Å². The number of carbonyl (C=O) groups is 1. The molecule has 0 aliphatic rings. The minimum absolute atomic E-state index is 0.0359. The second kappa shape index (κ2) is 7.50. The average Bonchev–Trinajstić information content (AvgIpc) is 2.49. The van der Waals surface area contributed by atoms with Crippen molar-refractivity contribution in [1.82, 2.24) is 0 Å². The number of carbonyl (C=O) groups excluding carboxylic acids is 1. The summed E-state index contributed by atoms with van der Waals surface area (Å²) >= 11 is 0. The Bertz CT molecular complexity index is 638. The molecule has 1 N–H and O–H groups in total. The van der Waals surface area contributed by atoms with Crippen LogP contribution < -0.4 is 14.8 Å². The Hall–Kier alpha value is -2.49. The van der Waals surface area contributed by atoms with Gasteiger partial charge in [-0.25, -0.2) is 0 Å². The highest BCUT2D eigenvalue weighted by atomic mass is 16.5. The minimum atomic E-state index is -0.219. The molecule has 0 bridgehead atoms. The third-order valence-corrected chi connectivity index (χ3v) is 2.93. The number of nitrogens with one attached hydrogen (secondary N) is 1. The highest BCUT2D eigenvalue weighted by Crippen LogP contribution is 2.27. The second-order valence-electron chi connectivity index (χ2n) is 5.05. The Morgan fingerprint density at radius 2 is 1.68 bits per heavy atom. The number of benzene rings is 2. The molecule has 0 aliphatic carbocycles. The summed E-state index contributed by atoms with van der Waals surface area (Å²) in [4.78, 5) is 12.5. The van der Waals surface area contributed by atoms with Crippen LogP contribution in [-0.2, 0) is 0 Å². The fourth-order valence-electron chi connectivity index (χ4n) is 2.05. The van der Waals surface area contributed by atoms with Crippen molar-refractivity contribution in [2.45, 2.75) is 26.9 Å². The lowest BCUT2D eigenvalue weighted by Gasteiger charge is -2.15. The highest BCUT2D eigenvalue weighted by molar-refractivity contribution is 6.06.